The number of ether oxygens (including phenoxy) is 1. The second-order valence-corrected chi connectivity index (χ2v) is 3.96. The number of aliphatic hydroxyl groups is 1. The third kappa shape index (κ3) is 6.40. The van der Waals surface area contributed by atoms with Gasteiger partial charge in [-0.1, -0.05) is 20.8 Å². The van der Waals surface area contributed by atoms with Crippen molar-refractivity contribution in [2.75, 3.05) is 6.61 Å². The van der Waals surface area contributed by atoms with E-state index in [0.717, 1.165) is 6.42 Å². The first kappa shape index (κ1) is 14.9. The van der Waals surface area contributed by atoms with Gasteiger partial charge in [-0.25, -0.2) is 4.98 Å². The van der Waals surface area contributed by atoms with Gasteiger partial charge in [0.25, 0.3) is 0 Å². The Morgan fingerprint density at radius 3 is 2.50 bits per heavy atom. The highest BCUT2D eigenvalue weighted by Crippen LogP contribution is 2.11. The molecule has 0 aliphatic rings. The minimum atomic E-state index is -0.816. The molecule has 0 unspecified atom stereocenters. The van der Waals surface area contributed by atoms with Gasteiger partial charge in [0.15, 0.2) is 0 Å². The van der Waals surface area contributed by atoms with E-state index in [2.05, 4.69) is 11.9 Å². The molecule has 1 heterocycles. The minimum Gasteiger partial charge on any atom is -0.475 e. The van der Waals surface area contributed by atoms with E-state index in [1.54, 1.807) is 20.0 Å². The van der Waals surface area contributed by atoms with Crippen molar-refractivity contribution < 1.29 is 9.84 Å². The lowest BCUT2D eigenvalue weighted by atomic mass is 10.2. The smallest absolute Gasteiger partial charge is 0.213 e. The van der Waals surface area contributed by atoms with Crippen LogP contribution in [0.25, 0.3) is 0 Å². The van der Waals surface area contributed by atoms with Crippen LogP contribution in [0.1, 0.15) is 40.2 Å². The van der Waals surface area contributed by atoms with Crippen molar-refractivity contribution in [3.63, 3.8) is 0 Å². The molecule has 0 bridgehead atoms. The Kier molecular flexibility index (Phi) is 6.74. The Morgan fingerprint density at radius 1 is 1.38 bits per heavy atom. The van der Waals surface area contributed by atoms with Gasteiger partial charge in [0.05, 0.1) is 5.60 Å². The van der Waals surface area contributed by atoms with Crippen LogP contribution < -0.4 is 4.74 Å². The van der Waals surface area contributed by atoms with Crippen LogP contribution in [0.4, 0.5) is 0 Å². The van der Waals surface area contributed by atoms with Crippen LogP contribution >= 0.6 is 0 Å². The van der Waals surface area contributed by atoms with Crippen LogP contribution in [0, 0.1) is 0 Å². The number of hydrogen-bond donors (Lipinski definition) is 1. The SMILES string of the molecule is CC.CCc1ccnc(OCC(C)(C)O)c1. The molecule has 3 heteroatoms. The summed E-state index contributed by atoms with van der Waals surface area (Å²) in [5, 5.41) is 9.45. The van der Waals surface area contributed by atoms with E-state index >= 15 is 0 Å². The van der Waals surface area contributed by atoms with E-state index in [9.17, 15) is 5.11 Å². The molecule has 0 saturated heterocycles. The first-order valence-electron chi connectivity index (χ1n) is 5.81. The average Bonchev–Trinajstić information content (AvgIpc) is 2.28. The summed E-state index contributed by atoms with van der Waals surface area (Å²) in [6.07, 6.45) is 2.68. The zero-order valence-corrected chi connectivity index (χ0v) is 10.9. The van der Waals surface area contributed by atoms with Crippen LogP contribution in [0.3, 0.4) is 0 Å². The van der Waals surface area contributed by atoms with Gasteiger partial charge in [-0.15, -0.1) is 0 Å². The largest absolute Gasteiger partial charge is 0.475 e. The second kappa shape index (κ2) is 7.23. The van der Waals surface area contributed by atoms with Gasteiger partial charge < -0.3 is 9.84 Å². The summed E-state index contributed by atoms with van der Waals surface area (Å²) in [6, 6.07) is 3.85. The predicted octanol–water partition coefficient (Wildman–Crippen LogP) is 2.82. The summed E-state index contributed by atoms with van der Waals surface area (Å²) in [5.74, 6) is 0.575. The van der Waals surface area contributed by atoms with E-state index in [0.29, 0.717) is 5.88 Å². The normalized spacial score (nSPS) is 10.4. The summed E-state index contributed by atoms with van der Waals surface area (Å²) in [4.78, 5) is 4.06. The first-order valence-corrected chi connectivity index (χ1v) is 5.81. The number of aromatic nitrogens is 1. The third-order valence-corrected chi connectivity index (χ3v) is 1.78. The van der Waals surface area contributed by atoms with Gasteiger partial charge in [-0.3, -0.25) is 0 Å². The number of nitrogens with zero attached hydrogens (tertiary/aromatic N) is 1. The van der Waals surface area contributed by atoms with Gasteiger partial charge in [-0.05, 0) is 31.9 Å². The molecule has 1 aromatic heterocycles. The Balaban J connectivity index is 0.00000106. The van der Waals surface area contributed by atoms with Gasteiger partial charge in [0, 0.05) is 12.3 Å². The van der Waals surface area contributed by atoms with Crippen molar-refractivity contribution in [3.05, 3.63) is 23.9 Å². The summed E-state index contributed by atoms with van der Waals surface area (Å²) in [7, 11) is 0. The Morgan fingerprint density at radius 2 is 2.00 bits per heavy atom. The molecule has 1 N–H and O–H groups in total. The highest BCUT2D eigenvalue weighted by molar-refractivity contribution is 5.20. The molecule has 0 spiro atoms. The number of pyridine rings is 1. The molecule has 92 valence electrons. The Hall–Kier alpha value is -1.09. The number of aryl methyl sites for hydroxylation is 1. The van der Waals surface area contributed by atoms with Crippen LogP contribution in [-0.4, -0.2) is 22.3 Å². The van der Waals surface area contributed by atoms with Crippen molar-refractivity contribution in [1.29, 1.82) is 0 Å². The molecule has 0 radical (unpaired) electrons. The maximum atomic E-state index is 9.45. The van der Waals surface area contributed by atoms with E-state index in [1.807, 2.05) is 26.0 Å². The topological polar surface area (TPSA) is 42.4 Å². The van der Waals surface area contributed by atoms with Crippen molar-refractivity contribution in [1.82, 2.24) is 4.98 Å². The highest BCUT2D eigenvalue weighted by atomic mass is 16.5. The van der Waals surface area contributed by atoms with Crippen LogP contribution in [0.2, 0.25) is 0 Å². The van der Waals surface area contributed by atoms with Crippen molar-refractivity contribution in [2.45, 2.75) is 46.6 Å². The highest BCUT2D eigenvalue weighted by Gasteiger charge is 2.13. The minimum absolute atomic E-state index is 0.257. The number of hydrogen-bond acceptors (Lipinski definition) is 3. The van der Waals surface area contributed by atoms with Crippen LogP contribution in [0.5, 0.6) is 5.88 Å². The quantitative estimate of drug-likeness (QED) is 0.856. The Labute approximate surface area is 98.5 Å². The van der Waals surface area contributed by atoms with Gasteiger partial charge in [0.1, 0.15) is 6.61 Å². The molecule has 0 aromatic carbocycles. The fourth-order valence-electron chi connectivity index (χ4n) is 1.000. The van der Waals surface area contributed by atoms with E-state index in [1.165, 1.54) is 5.56 Å². The first-order chi connectivity index (χ1) is 7.51. The summed E-state index contributed by atoms with van der Waals surface area (Å²) in [6.45, 7) is 9.75. The number of rotatable bonds is 4. The molecule has 0 saturated carbocycles. The summed E-state index contributed by atoms with van der Waals surface area (Å²) >= 11 is 0. The molecular weight excluding hydrogens is 202 g/mol. The molecule has 0 aliphatic heterocycles. The molecule has 1 rings (SSSR count). The van der Waals surface area contributed by atoms with Crippen LogP contribution in [-0.2, 0) is 6.42 Å². The zero-order chi connectivity index (χ0) is 12.6. The maximum Gasteiger partial charge on any atom is 0.213 e. The fraction of sp³-hybridized carbons (Fsp3) is 0.615. The van der Waals surface area contributed by atoms with E-state index in [-0.39, 0.29) is 6.61 Å². The lowest BCUT2D eigenvalue weighted by Crippen LogP contribution is -2.28. The molecule has 3 nitrogen and oxygen atoms in total. The van der Waals surface area contributed by atoms with Gasteiger partial charge in [0.2, 0.25) is 5.88 Å². The monoisotopic (exact) mass is 225 g/mol. The van der Waals surface area contributed by atoms with Gasteiger partial charge >= 0.3 is 0 Å². The predicted molar refractivity (Wildman–Crippen MR) is 66.8 cm³/mol. The average molecular weight is 225 g/mol. The standard InChI is InChI=1S/C11H17NO2.C2H6/c1-4-9-5-6-12-10(7-9)14-8-11(2,3)13;1-2/h5-7,13H,4,8H2,1-3H3;1-2H3. The maximum absolute atomic E-state index is 9.45. The fourth-order valence-corrected chi connectivity index (χ4v) is 1.000. The molecular formula is C13H23NO2. The van der Waals surface area contributed by atoms with Crippen molar-refractivity contribution in [3.8, 4) is 5.88 Å². The summed E-state index contributed by atoms with van der Waals surface area (Å²) in [5.41, 5.74) is 0.370. The molecule has 0 fully saturated rings. The third-order valence-electron chi connectivity index (χ3n) is 1.78. The van der Waals surface area contributed by atoms with Crippen molar-refractivity contribution >= 4 is 0 Å². The lowest BCUT2D eigenvalue weighted by Gasteiger charge is -2.17. The lowest BCUT2D eigenvalue weighted by molar-refractivity contribution is 0.0268. The van der Waals surface area contributed by atoms with E-state index < -0.39 is 5.60 Å². The van der Waals surface area contributed by atoms with Crippen molar-refractivity contribution in [2.24, 2.45) is 0 Å². The van der Waals surface area contributed by atoms with Gasteiger partial charge in [-0.2, -0.15) is 0 Å². The molecule has 0 amide bonds. The molecule has 16 heavy (non-hydrogen) atoms. The summed E-state index contributed by atoms with van der Waals surface area (Å²) < 4.78 is 5.35. The molecule has 1 aromatic rings. The Bertz CT molecular complexity index is 292. The second-order valence-electron chi connectivity index (χ2n) is 3.96. The zero-order valence-electron chi connectivity index (χ0n) is 10.9. The van der Waals surface area contributed by atoms with E-state index in [4.69, 9.17) is 4.74 Å². The molecule has 0 aliphatic carbocycles. The van der Waals surface area contributed by atoms with Crippen LogP contribution in [0.15, 0.2) is 18.3 Å². The molecule has 0 atom stereocenters.